The van der Waals surface area contributed by atoms with E-state index in [0.29, 0.717) is 29.6 Å². The Morgan fingerprint density at radius 3 is 2.69 bits per heavy atom. The topological polar surface area (TPSA) is 57.1 Å². The number of methoxy groups -OCH3 is 1. The van der Waals surface area contributed by atoms with Gasteiger partial charge in [0.15, 0.2) is 17.2 Å². The molecule has 0 saturated heterocycles. The number of para-hydroxylation sites is 1. The molecular weight excluding hydrogens is 585 g/mol. The van der Waals surface area contributed by atoms with E-state index in [1.165, 1.54) is 0 Å². The molecular formula is C25H19BrINO4. The average molecular weight is 604 g/mol. The summed E-state index contributed by atoms with van der Waals surface area (Å²) in [5.41, 5.74) is 3.72. The highest BCUT2D eigenvalue weighted by Gasteiger charge is 2.25. The minimum atomic E-state index is -0.504. The second-order valence-electron chi connectivity index (χ2n) is 7.06. The Balaban J connectivity index is 1.67. The van der Waals surface area contributed by atoms with Crippen molar-refractivity contribution in [1.82, 2.24) is 0 Å². The molecule has 5 nitrogen and oxygen atoms in total. The molecule has 0 amide bonds. The number of aliphatic imine (C=N–C) groups is 1. The first-order valence-electron chi connectivity index (χ1n) is 9.78. The molecule has 0 aliphatic carbocycles. The van der Waals surface area contributed by atoms with Crippen LogP contribution < -0.4 is 9.47 Å². The fraction of sp³-hybridized carbons (Fsp3) is 0.120. The Morgan fingerprint density at radius 2 is 1.94 bits per heavy atom. The Bertz CT molecular complexity index is 1250. The van der Waals surface area contributed by atoms with Crippen molar-refractivity contribution >= 4 is 56.5 Å². The number of cyclic esters (lactones) is 1. The molecule has 32 heavy (non-hydrogen) atoms. The summed E-state index contributed by atoms with van der Waals surface area (Å²) in [6, 6.07) is 19.1. The van der Waals surface area contributed by atoms with Crippen LogP contribution in [0.15, 0.2) is 75.8 Å². The quantitative estimate of drug-likeness (QED) is 0.189. The van der Waals surface area contributed by atoms with Crippen LogP contribution in [-0.2, 0) is 16.1 Å². The molecule has 4 rings (SSSR count). The van der Waals surface area contributed by atoms with Gasteiger partial charge in [-0.3, -0.25) is 0 Å². The lowest BCUT2D eigenvalue weighted by molar-refractivity contribution is -0.129. The van der Waals surface area contributed by atoms with Crippen LogP contribution in [-0.4, -0.2) is 19.0 Å². The normalized spacial score (nSPS) is 14.3. The maximum Gasteiger partial charge on any atom is 0.363 e. The van der Waals surface area contributed by atoms with E-state index in [-0.39, 0.29) is 5.70 Å². The first-order chi connectivity index (χ1) is 15.5. The van der Waals surface area contributed by atoms with E-state index >= 15 is 0 Å². The van der Waals surface area contributed by atoms with E-state index in [1.807, 2.05) is 67.6 Å². The number of nitrogens with zero attached hydrogens (tertiary/aromatic N) is 1. The van der Waals surface area contributed by atoms with Gasteiger partial charge in [0, 0.05) is 24.7 Å². The highest BCUT2D eigenvalue weighted by molar-refractivity contribution is 14.1. The van der Waals surface area contributed by atoms with Crippen molar-refractivity contribution in [3.63, 3.8) is 0 Å². The lowest BCUT2D eigenvalue weighted by Crippen LogP contribution is -2.06. The zero-order valence-corrected chi connectivity index (χ0v) is 21.1. The molecule has 162 valence electrons. The SMILES string of the molecule is COc1cccc(/C=C2\N=C(c3ccc(I)c(C)c3)OC2=O)c1OCc1ccccc1Br. The largest absolute Gasteiger partial charge is 0.493 e. The van der Waals surface area contributed by atoms with Crippen molar-refractivity contribution in [2.24, 2.45) is 4.99 Å². The van der Waals surface area contributed by atoms with Crippen LogP contribution >= 0.6 is 38.5 Å². The Labute approximate surface area is 208 Å². The zero-order valence-electron chi connectivity index (χ0n) is 17.4. The van der Waals surface area contributed by atoms with E-state index < -0.39 is 5.97 Å². The lowest BCUT2D eigenvalue weighted by atomic mass is 10.1. The molecule has 7 heteroatoms. The third-order valence-electron chi connectivity index (χ3n) is 4.88. The fourth-order valence-electron chi connectivity index (χ4n) is 3.18. The number of hydrogen-bond acceptors (Lipinski definition) is 5. The van der Waals surface area contributed by atoms with Gasteiger partial charge in [0.25, 0.3) is 0 Å². The number of carbonyl (C=O) groups excluding carboxylic acids is 1. The Hall–Kier alpha value is -2.65. The first-order valence-corrected chi connectivity index (χ1v) is 11.7. The molecule has 0 atom stereocenters. The highest BCUT2D eigenvalue weighted by Crippen LogP contribution is 2.34. The van der Waals surface area contributed by atoms with Gasteiger partial charge in [-0.15, -0.1) is 0 Å². The van der Waals surface area contributed by atoms with Crippen LogP contribution in [0, 0.1) is 10.5 Å². The van der Waals surface area contributed by atoms with Gasteiger partial charge >= 0.3 is 5.97 Å². The molecule has 0 aromatic heterocycles. The van der Waals surface area contributed by atoms with Crippen molar-refractivity contribution in [3.8, 4) is 11.5 Å². The maximum atomic E-state index is 12.5. The predicted molar refractivity (Wildman–Crippen MR) is 136 cm³/mol. The summed E-state index contributed by atoms with van der Waals surface area (Å²) in [4.78, 5) is 17.0. The zero-order chi connectivity index (χ0) is 22.7. The van der Waals surface area contributed by atoms with E-state index in [2.05, 4.69) is 43.5 Å². The molecule has 0 saturated carbocycles. The van der Waals surface area contributed by atoms with Gasteiger partial charge < -0.3 is 14.2 Å². The number of aryl methyl sites for hydroxylation is 1. The van der Waals surface area contributed by atoms with Crippen molar-refractivity contribution in [1.29, 1.82) is 0 Å². The van der Waals surface area contributed by atoms with E-state index in [4.69, 9.17) is 14.2 Å². The molecule has 1 heterocycles. The van der Waals surface area contributed by atoms with E-state index in [1.54, 1.807) is 13.2 Å². The third-order valence-corrected chi connectivity index (χ3v) is 6.86. The molecule has 0 N–H and O–H groups in total. The molecule has 0 bridgehead atoms. The number of benzene rings is 3. The number of hydrogen-bond donors (Lipinski definition) is 0. The first kappa shape index (κ1) is 22.5. The average Bonchev–Trinajstić information content (AvgIpc) is 3.15. The number of halogens is 2. The smallest absolute Gasteiger partial charge is 0.363 e. The maximum absolute atomic E-state index is 12.5. The molecule has 3 aromatic carbocycles. The minimum Gasteiger partial charge on any atom is -0.493 e. The summed E-state index contributed by atoms with van der Waals surface area (Å²) in [6.45, 7) is 2.34. The summed E-state index contributed by atoms with van der Waals surface area (Å²) in [6.07, 6.45) is 1.66. The number of ether oxygens (including phenoxy) is 3. The molecule has 1 aliphatic heterocycles. The standard InChI is InChI=1S/C25H19BrINO4/c1-15-12-17(10-11-20(15)27)24-28-21(25(29)32-24)13-16-7-5-9-22(30-2)23(16)31-14-18-6-3-4-8-19(18)26/h3-13H,14H2,1-2H3/b21-13-. The fourth-order valence-corrected chi connectivity index (χ4v) is 3.92. The van der Waals surface area contributed by atoms with E-state index in [9.17, 15) is 4.79 Å². The van der Waals surface area contributed by atoms with Crippen molar-refractivity contribution < 1.29 is 19.0 Å². The van der Waals surface area contributed by atoms with Gasteiger partial charge in [-0.05, 0) is 71.5 Å². The molecule has 3 aromatic rings. The van der Waals surface area contributed by atoms with Crippen molar-refractivity contribution in [3.05, 3.63) is 96.7 Å². The highest BCUT2D eigenvalue weighted by atomic mass is 127. The monoisotopic (exact) mass is 603 g/mol. The van der Waals surface area contributed by atoms with Crippen LogP contribution in [0.5, 0.6) is 11.5 Å². The molecule has 0 fully saturated rings. The number of carbonyl (C=O) groups is 1. The van der Waals surface area contributed by atoms with Crippen LogP contribution in [0.2, 0.25) is 0 Å². The minimum absolute atomic E-state index is 0.204. The predicted octanol–water partition coefficient (Wildman–Crippen LogP) is 6.29. The summed E-state index contributed by atoms with van der Waals surface area (Å²) in [7, 11) is 1.58. The lowest BCUT2D eigenvalue weighted by Gasteiger charge is -2.14. The van der Waals surface area contributed by atoms with Gasteiger partial charge in [0.1, 0.15) is 6.61 Å². The Morgan fingerprint density at radius 1 is 1.12 bits per heavy atom. The van der Waals surface area contributed by atoms with Crippen LogP contribution in [0.4, 0.5) is 0 Å². The summed E-state index contributed by atoms with van der Waals surface area (Å²) >= 11 is 5.80. The van der Waals surface area contributed by atoms with Gasteiger partial charge in [-0.1, -0.05) is 46.3 Å². The van der Waals surface area contributed by atoms with Crippen LogP contribution in [0.3, 0.4) is 0 Å². The third kappa shape index (κ3) is 4.88. The molecule has 0 radical (unpaired) electrons. The molecule has 0 spiro atoms. The van der Waals surface area contributed by atoms with Gasteiger partial charge in [-0.2, -0.15) is 0 Å². The van der Waals surface area contributed by atoms with Gasteiger partial charge in [0.05, 0.1) is 7.11 Å². The molecule has 1 aliphatic rings. The number of esters is 1. The van der Waals surface area contributed by atoms with E-state index in [0.717, 1.165) is 24.7 Å². The summed E-state index contributed by atoms with van der Waals surface area (Å²) < 4.78 is 19.1. The van der Waals surface area contributed by atoms with Crippen LogP contribution in [0.1, 0.15) is 22.3 Å². The van der Waals surface area contributed by atoms with Crippen LogP contribution in [0.25, 0.3) is 6.08 Å². The van der Waals surface area contributed by atoms with Crippen molar-refractivity contribution in [2.45, 2.75) is 13.5 Å². The summed E-state index contributed by atoms with van der Waals surface area (Å²) in [5, 5.41) is 0. The number of rotatable bonds is 6. The second-order valence-corrected chi connectivity index (χ2v) is 9.08. The Kier molecular flexibility index (Phi) is 6.95. The summed E-state index contributed by atoms with van der Waals surface area (Å²) in [5.74, 6) is 0.880. The van der Waals surface area contributed by atoms with Gasteiger partial charge in [0.2, 0.25) is 5.90 Å². The van der Waals surface area contributed by atoms with Gasteiger partial charge in [-0.25, -0.2) is 9.79 Å². The molecule has 0 unspecified atom stereocenters. The van der Waals surface area contributed by atoms with Crippen molar-refractivity contribution in [2.75, 3.05) is 7.11 Å². The second kappa shape index (κ2) is 9.87.